The Morgan fingerprint density at radius 2 is 1.82 bits per heavy atom. The molecule has 0 rings (SSSR count). The van der Waals surface area contributed by atoms with E-state index < -0.39 is 29.9 Å². The maximum absolute atomic E-state index is 11.6. The summed E-state index contributed by atoms with van der Waals surface area (Å²) in [5, 5.41) is 2.51. The fraction of sp³-hybridized carbons (Fsp3) is 0.700. The number of nitrogens with one attached hydrogen (secondary N) is 2. The SMILES string of the molecule is CC(NC(=O)C(C)(C)C)C(=O)NOCC(N)=O. The lowest BCUT2D eigenvalue weighted by molar-refractivity contribution is -0.142. The predicted octanol–water partition coefficient (Wildman–Crippen LogP) is -0.930. The number of amides is 3. The Hall–Kier alpha value is -1.63. The van der Waals surface area contributed by atoms with Crippen molar-refractivity contribution < 1.29 is 19.2 Å². The Labute approximate surface area is 100 Å². The summed E-state index contributed by atoms with van der Waals surface area (Å²) in [6, 6.07) is -0.755. The lowest BCUT2D eigenvalue weighted by Crippen LogP contribution is -2.48. The third-order valence-corrected chi connectivity index (χ3v) is 1.81. The lowest BCUT2D eigenvalue weighted by Gasteiger charge is -2.21. The molecule has 0 aromatic rings. The van der Waals surface area contributed by atoms with Crippen molar-refractivity contribution in [2.45, 2.75) is 33.7 Å². The van der Waals surface area contributed by atoms with Gasteiger partial charge in [-0.05, 0) is 6.92 Å². The first-order chi connectivity index (χ1) is 7.64. The first kappa shape index (κ1) is 15.4. The molecule has 0 radical (unpaired) electrons. The van der Waals surface area contributed by atoms with Crippen molar-refractivity contribution in [3.8, 4) is 0 Å². The summed E-state index contributed by atoms with van der Waals surface area (Å²) < 4.78 is 0. The van der Waals surface area contributed by atoms with E-state index in [0.29, 0.717) is 0 Å². The minimum atomic E-state index is -0.755. The number of hydrogen-bond donors (Lipinski definition) is 3. The topological polar surface area (TPSA) is 111 Å². The van der Waals surface area contributed by atoms with Crippen LogP contribution in [0.3, 0.4) is 0 Å². The summed E-state index contributed by atoms with van der Waals surface area (Å²) in [7, 11) is 0. The summed E-state index contributed by atoms with van der Waals surface area (Å²) in [4.78, 5) is 37.8. The Morgan fingerprint density at radius 3 is 2.24 bits per heavy atom. The van der Waals surface area contributed by atoms with Crippen LogP contribution in [0.1, 0.15) is 27.7 Å². The Bertz CT molecular complexity index is 309. The zero-order valence-electron chi connectivity index (χ0n) is 10.5. The van der Waals surface area contributed by atoms with Gasteiger partial charge in [0.1, 0.15) is 6.04 Å². The highest BCUT2D eigenvalue weighted by atomic mass is 16.7. The van der Waals surface area contributed by atoms with Crippen molar-refractivity contribution in [2.75, 3.05) is 6.61 Å². The number of carbonyl (C=O) groups is 3. The molecule has 7 nitrogen and oxygen atoms in total. The summed E-state index contributed by atoms with van der Waals surface area (Å²) in [6.45, 7) is 6.29. The van der Waals surface area contributed by atoms with Crippen LogP contribution in [0, 0.1) is 5.41 Å². The molecule has 17 heavy (non-hydrogen) atoms. The molecule has 0 saturated heterocycles. The van der Waals surface area contributed by atoms with E-state index in [0.717, 1.165) is 0 Å². The summed E-state index contributed by atoms with van der Waals surface area (Å²) in [5.41, 5.74) is 6.24. The van der Waals surface area contributed by atoms with E-state index in [1.54, 1.807) is 20.8 Å². The van der Waals surface area contributed by atoms with Crippen LogP contribution in [0.5, 0.6) is 0 Å². The number of rotatable bonds is 5. The van der Waals surface area contributed by atoms with Gasteiger partial charge in [-0.15, -0.1) is 0 Å². The maximum atomic E-state index is 11.6. The van der Waals surface area contributed by atoms with Gasteiger partial charge >= 0.3 is 0 Å². The molecule has 0 aromatic heterocycles. The van der Waals surface area contributed by atoms with Gasteiger partial charge in [0.2, 0.25) is 11.8 Å². The van der Waals surface area contributed by atoms with Crippen LogP contribution >= 0.6 is 0 Å². The monoisotopic (exact) mass is 245 g/mol. The maximum Gasteiger partial charge on any atom is 0.265 e. The number of primary amides is 1. The average Bonchev–Trinajstić information content (AvgIpc) is 2.15. The van der Waals surface area contributed by atoms with Crippen LogP contribution in [0.2, 0.25) is 0 Å². The van der Waals surface area contributed by atoms with Crippen LogP contribution in [-0.4, -0.2) is 30.4 Å². The zero-order chi connectivity index (χ0) is 13.6. The van der Waals surface area contributed by atoms with Crippen molar-refractivity contribution in [3.05, 3.63) is 0 Å². The van der Waals surface area contributed by atoms with Crippen LogP contribution in [0.4, 0.5) is 0 Å². The summed E-state index contributed by atoms with van der Waals surface area (Å²) in [6.07, 6.45) is 0. The molecule has 0 aliphatic heterocycles. The van der Waals surface area contributed by atoms with Gasteiger partial charge in [0.25, 0.3) is 5.91 Å². The quantitative estimate of drug-likeness (QED) is 0.543. The molecule has 0 heterocycles. The third kappa shape index (κ3) is 6.52. The molecule has 1 atom stereocenters. The largest absolute Gasteiger partial charge is 0.368 e. The van der Waals surface area contributed by atoms with E-state index in [1.807, 2.05) is 5.48 Å². The molecular weight excluding hydrogens is 226 g/mol. The van der Waals surface area contributed by atoms with Gasteiger partial charge in [0.15, 0.2) is 6.61 Å². The van der Waals surface area contributed by atoms with Gasteiger partial charge < -0.3 is 11.1 Å². The Morgan fingerprint density at radius 1 is 1.29 bits per heavy atom. The third-order valence-electron chi connectivity index (χ3n) is 1.81. The fourth-order valence-corrected chi connectivity index (χ4v) is 0.745. The second-order valence-corrected chi connectivity index (χ2v) is 4.67. The molecule has 0 fully saturated rings. The normalized spacial score (nSPS) is 12.7. The average molecular weight is 245 g/mol. The van der Waals surface area contributed by atoms with Gasteiger partial charge in [0, 0.05) is 5.41 Å². The molecule has 0 aromatic carbocycles. The van der Waals surface area contributed by atoms with Gasteiger partial charge in [-0.1, -0.05) is 20.8 Å². The van der Waals surface area contributed by atoms with Crippen LogP contribution < -0.4 is 16.5 Å². The predicted molar refractivity (Wildman–Crippen MR) is 60.3 cm³/mol. The Balaban J connectivity index is 4.06. The van der Waals surface area contributed by atoms with E-state index in [9.17, 15) is 14.4 Å². The molecule has 0 bridgehead atoms. The summed E-state index contributed by atoms with van der Waals surface area (Å²) >= 11 is 0. The second-order valence-electron chi connectivity index (χ2n) is 4.67. The van der Waals surface area contributed by atoms with E-state index in [4.69, 9.17) is 5.73 Å². The van der Waals surface area contributed by atoms with Crippen LogP contribution in [0.25, 0.3) is 0 Å². The van der Waals surface area contributed by atoms with Crippen molar-refractivity contribution in [3.63, 3.8) is 0 Å². The van der Waals surface area contributed by atoms with E-state index in [2.05, 4.69) is 10.2 Å². The first-order valence-corrected chi connectivity index (χ1v) is 5.15. The molecule has 4 N–H and O–H groups in total. The van der Waals surface area contributed by atoms with Gasteiger partial charge in [0.05, 0.1) is 0 Å². The van der Waals surface area contributed by atoms with Crippen molar-refractivity contribution in [2.24, 2.45) is 11.1 Å². The molecule has 7 heteroatoms. The molecule has 0 aliphatic carbocycles. The molecular formula is C10H19N3O4. The molecule has 1 unspecified atom stereocenters. The molecule has 0 aliphatic rings. The van der Waals surface area contributed by atoms with Gasteiger partial charge in [-0.25, -0.2) is 5.48 Å². The molecule has 98 valence electrons. The lowest BCUT2D eigenvalue weighted by atomic mass is 9.95. The minimum absolute atomic E-state index is 0.255. The number of nitrogens with two attached hydrogens (primary N) is 1. The van der Waals surface area contributed by atoms with Gasteiger partial charge in [-0.2, -0.15) is 0 Å². The fourth-order valence-electron chi connectivity index (χ4n) is 0.745. The van der Waals surface area contributed by atoms with Crippen molar-refractivity contribution in [1.29, 1.82) is 0 Å². The van der Waals surface area contributed by atoms with E-state index >= 15 is 0 Å². The standard InChI is InChI=1S/C10H19N3O4/c1-6(12-9(16)10(2,3)4)8(15)13-17-5-7(11)14/h6H,5H2,1-4H3,(H2,11,14)(H,12,16)(H,13,15). The van der Waals surface area contributed by atoms with Crippen molar-refractivity contribution >= 4 is 17.7 Å². The number of carbonyl (C=O) groups excluding carboxylic acids is 3. The number of hydroxylamine groups is 1. The number of hydrogen-bond acceptors (Lipinski definition) is 4. The van der Waals surface area contributed by atoms with Gasteiger partial charge in [-0.3, -0.25) is 19.2 Å². The Kier molecular flexibility index (Phi) is 5.60. The highest BCUT2D eigenvalue weighted by molar-refractivity contribution is 5.88. The van der Waals surface area contributed by atoms with E-state index in [-0.39, 0.29) is 5.91 Å². The first-order valence-electron chi connectivity index (χ1n) is 5.15. The highest BCUT2D eigenvalue weighted by Gasteiger charge is 2.25. The van der Waals surface area contributed by atoms with E-state index in [1.165, 1.54) is 6.92 Å². The highest BCUT2D eigenvalue weighted by Crippen LogP contribution is 2.12. The molecule has 0 saturated carbocycles. The van der Waals surface area contributed by atoms with Crippen LogP contribution in [-0.2, 0) is 19.2 Å². The zero-order valence-corrected chi connectivity index (χ0v) is 10.5. The van der Waals surface area contributed by atoms with Crippen LogP contribution in [0.15, 0.2) is 0 Å². The van der Waals surface area contributed by atoms with Crippen molar-refractivity contribution in [1.82, 2.24) is 10.8 Å². The summed E-state index contributed by atoms with van der Waals surface area (Å²) in [5.74, 6) is -1.50. The smallest absolute Gasteiger partial charge is 0.265 e. The molecule has 0 spiro atoms. The minimum Gasteiger partial charge on any atom is -0.368 e. The second kappa shape index (κ2) is 6.19. The molecule has 3 amide bonds.